The Morgan fingerprint density at radius 2 is 2.11 bits per heavy atom. The van der Waals surface area contributed by atoms with Gasteiger partial charge < -0.3 is 4.90 Å². The summed E-state index contributed by atoms with van der Waals surface area (Å²) in [5, 5.41) is 8.16. The van der Waals surface area contributed by atoms with E-state index in [1.165, 1.54) is 19.3 Å². The van der Waals surface area contributed by atoms with Gasteiger partial charge in [0.1, 0.15) is 6.33 Å². The molecule has 0 aliphatic carbocycles. The van der Waals surface area contributed by atoms with Crippen LogP contribution >= 0.6 is 22.6 Å². The molecule has 2 aromatic rings. The number of rotatable bonds is 2. The lowest BCUT2D eigenvalue weighted by atomic mass is 9.78. The molecule has 0 N–H and O–H groups in total. The number of hydrogen-bond donors (Lipinski definition) is 0. The van der Waals surface area contributed by atoms with Crippen LogP contribution in [0, 0.1) is 8.99 Å². The minimum Gasteiger partial charge on any atom is -0.342 e. The van der Waals surface area contributed by atoms with Crippen LogP contribution in [0.15, 0.2) is 12.5 Å². The molecule has 19 heavy (non-hydrogen) atoms. The van der Waals surface area contributed by atoms with Crippen LogP contribution in [0.5, 0.6) is 0 Å². The minimum absolute atomic E-state index is 0.492. The molecule has 1 aliphatic heterocycles. The van der Waals surface area contributed by atoms with E-state index < -0.39 is 0 Å². The highest BCUT2D eigenvalue weighted by Crippen LogP contribution is 2.35. The molecule has 5 nitrogen and oxygen atoms in total. The molecule has 1 aliphatic rings. The highest BCUT2D eigenvalue weighted by Gasteiger charge is 2.29. The molecule has 2 aromatic heterocycles. The fourth-order valence-electron chi connectivity index (χ4n) is 2.61. The summed E-state index contributed by atoms with van der Waals surface area (Å²) in [4.78, 5) is 6.93. The van der Waals surface area contributed by atoms with Crippen LogP contribution in [0.1, 0.15) is 33.1 Å². The summed E-state index contributed by atoms with van der Waals surface area (Å²) in [7, 11) is 0. The molecule has 0 amide bonds. The maximum absolute atomic E-state index is 4.58. The zero-order valence-electron chi connectivity index (χ0n) is 11.3. The Hall–Kier alpha value is -0.920. The predicted molar refractivity (Wildman–Crippen MR) is 83.3 cm³/mol. The fourth-order valence-corrected chi connectivity index (χ4v) is 3.12. The van der Waals surface area contributed by atoms with Crippen LogP contribution in [0.25, 0.3) is 5.65 Å². The Morgan fingerprint density at radius 1 is 1.37 bits per heavy atom. The molecule has 0 spiro atoms. The van der Waals surface area contributed by atoms with E-state index in [1.807, 2.05) is 10.6 Å². The van der Waals surface area contributed by atoms with E-state index in [2.05, 4.69) is 56.5 Å². The molecule has 3 rings (SSSR count). The van der Waals surface area contributed by atoms with Gasteiger partial charge in [0.25, 0.3) is 0 Å². The first-order chi connectivity index (χ1) is 9.13. The molecule has 1 saturated heterocycles. The summed E-state index contributed by atoms with van der Waals surface area (Å²) in [6.07, 6.45) is 7.34. The van der Waals surface area contributed by atoms with Crippen LogP contribution < -0.4 is 4.90 Å². The number of hydrogen-bond acceptors (Lipinski definition) is 4. The van der Waals surface area contributed by atoms with Gasteiger partial charge in [-0.3, -0.25) is 4.40 Å². The zero-order valence-corrected chi connectivity index (χ0v) is 13.5. The second-order valence-electron chi connectivity index (χ2n) is 5.58. The molecule has 0 bridgehead atoms. The van der Waals surface area contributed by atoms with Gasteiger partial charge in [0.2, 0.25) is 5.95 Å². The molecule has 0 radical (unpaired) electrons. The number of halogens is 1. The van der Waals surface area contributed by atoms with Crippen molar-refractivity contribution in [3.63, 3.8) is 0 Å². The summed E-state index contributed by atoms with van der Waals surface area (Å²) in [6, 6.07) is 0. The first-order valence-electron chi connectivity index (χ1n) is 6.72. The van der Waals surface area contributed by atoms with Crippen molar-refractivity contribution < 1.29 is 0 Å². The topological polar surface area (TPSA) is 46.3 Å². The van der Waals surface area contributed by atoms with Crippen molar-refractivity contribution in [3.8, 4) is 0 Å². The van der Waals surface area contributed by atoms with Crippen molar-refractivity contribution in [1.29, 1.82) is 0 Å². The maximum atomic E-state index is 4.58. The number of fused-ring (bicyclic) bond motifs is 1. The third-order valence-corrected chi connectivity index (χ3v) is 5.14. The van der Waals surface area contributed by atoms with Gasteiger partial charge in [-0.2, -0.15) is 0 Å². The lowest BCUT2D eigenvalue weighted by Crippen LogP contribution is -2.39. The van der Waals surface area contributed by atoms with Crippen LogP contribution in [0.4, 0.5) is 5.95 Å². The van der Waals surface area contributed by atoms with Crippen molar-refractivity contribution in [2.45, 2.75) is 33.1 Å². The molecule has 0 atom stereocenters. The second kappa shape index (κ2) is 4.88. The molecule has 0 unspecified atom stereocenters. The van der Waals surface area contributed by atoms with Crippen molar-refractivity contribution in [3.05, 3.63) is 16.1 Å². The summed E-state index contributed by atoms with van der Waals surface area (Å²) in [5.74, 6) is 0.971. The van der Waals surface area contributed by atoms with Crippen molar-refractivity contribution in [2.24, 2.45) is 5.41 Å². The van der Waals surface area contributed by atoms with Gasteiger partial charge >= 0.3 is 0 Å². The SMILES string of the molecule is CCC1(C)CCN(c2ncc(I)c3nncn23)CC1. The lowest BCUT2D eigenvalue weighted by Gasteiger charge is -2.39. The Morgan fingerprint density at radius 3 is 2.79 bits per heavy atom. The van der Waals surface area contributed by atoms with Crippen molar-refractivity contribution in [1.82, 2.24) is 19.6 Å². The third-order valence-electron chi connectivity index (χ3n) is 4.38. The van der Waals surface area contributed by atoms with Crippen LogP contribution in [0.3, 0.4) is 0 Å². The smallest absolute Gasteiger partial charge is 0.212 e. The first kappa shape index (κ1) is 13.1. The molecule has 3 heterocycles. The van der Waals surface area contributed by atoms with E-state index >= 15 is 0 Å². The molecular weight excluding hydrogens is 353 g/mol. The maximum Gasteiger partial charge on any atom is 0.212 e. The number of nitrogens with zero attached hydrogens (tertiary/aromatic N) is 5. The van der Waals surface area contributed by atoms with Crippen LogP contribution in [0.2, 0.25) is 0 Å². The highest BCUT2D eigenvalue weighted by atomic mass is 127. The first-order valence-corrected chi connectivity index (χ1v) is 7.80. The fraction of sp³-hybridized carbons (Fsp3) is 0.615. The third kappa shape index (κ3) is 2.30. The standard InChI is InChI=1S/C13H18IN5/c1-3-13(2)4-6-18(7-5-13)12-15-8-10(14)11-17-16-9-19(11)12/h8-9H,3-7H2,1-2H3. The summed E-state index contributed by atoms with van der Waals surface area (Å²) < 4.78 is 3.03. The van der Waals surface area contributed by atoms with Gasteiger partial charge in [-0.15, -0.1) is 10.2 Å². The molecular formula is C13H18IN5. The Labute approximate surface area is 126 Å². The molecule has 1 fully saturated rings. The monoisotopic (exact) mass is 371 g/mol. The van der Waals surface area contributed by atoms with E-state index in [4.69, 9.17) is 0 Å². The summed E-state index contributed by atoms with van der Waals surface area (Å²) in [5.41, 5.74) is 1.39. The van der Waals surface area contributed by atoms with Gasteiger partial charge in [0, 0.05) is 19.3 Å². The number of piperidine rings is 1. The van der Waals surface area contributed by atoms with E-state index in [0.29, 0.717) is 5.41 Å². The van der Waals surface area contributed by atoms with Gasteiger partial charge in [-0.05, 0) is 40.8 Å². The van der Waals surface area contributed by atoms with E-state index in [-0.39, 0.29) is 0 Å². The average Bonchev–Trinajstić information content (AvgIpc) is 2.91. The number of aromatic nitrogens is 4. The van der Waals surface area contributed by atoms with Crippen molar-refractivity contribution >= 4 is 34.2 Å². The quantitative estimate of drug-likeness (QED) is 0.762. The Kier molecular flexibility index (Phi) is 3.36. The lowest BCUT2D eigenvalue weighted by molar-refractivity contribution is 0.237. The summed E-state index contributed by atoms with van der Waals surface area (Å²) in [6.45, 7) is 6.80. The highest BCUT2D eigenvalue weighted by molar-refractivity contribution is 14.1. The van der Waals surface area contributed by atoms with Crippen LogP contribution in [-0.2, 0) is 0 Å². The number of anilines is 1. The van der Waals surface area contributed by atoms with Gasteiger partial charge in [0.15, 0.2) is 5.65 Å². The molecule has 0 aromatic carbocycles. The summed E-state index contributed by atoms with van der Waals surface area (Å²) >= 11 is 2.25. The largest absolute Gasteiger partial charge is 0.342 e. The van der Waals surface area contributed by atoms with E-state index in [1.54, 1.807) is 6.33 Å². The zero-order chi connectivity index (χ0) is 13.5. The van der Waals surface area contributed by atoms with E-state index in [0.717, 1.165) is 28.3 Å². The molecule has 102 valence electrons. The second-order valence-corrected chi connectivity index (χ2v) is 6.74. The Balaban J connectivity index is 1.90. The molecule has 0 saturated carbocycles. The van der Waals surface area contributed by atoms with Gasteiger partial charge in [-0.1, -0.05) is 20.3 Å². The normalized spacial score (nSPS) is 19.0. The van der Waals surface area contributed by atoms with Gasteiger partial charge in [-0.25, -0.2) is 4.98 Å². The van der Waals surface area contributed by atoms with Crippen molar-refractivity contribution in [2.75, 3.05) is 18.0 Å². The molecule has 6 heteroatoms. The average molecular weight is 371 g/mol. The van der Waals surface area contributed by atoms with Gasteiger partial charge in [0.05, 0.1) is 3.57 Å². The van der Waals surface area contributed by atoms with Crippen LogP contribution in [-0.4, -0.2) is 32.7 Å². The minimum atomic E-state index is 0.492. The predicted octanol–water partition coefficient (Wildman–Crippen LogP) is 2.75. The Bertz CT molecular complexity index is 586. The van der Waals surface area contributed by atoms with E-state index in [9.17, 15) is 0 Å².